The van der Waals surface area contributed by atoms with Crippen molar-refractivity contribution in [2.24, 2.45) is 0 Å². The second-order valence-electron chi connectivity index (χ2n) is 6.79. The van der Waals surface area contributed by atoms with Gasteiger partial charge in [0.1, 0.15) is 12.0 Å². The van der Waals surface area contributed by atoms with Crippen molar-refractivity contribution in [3.8, 4) is 5.75 Å². The van der Waals surface area contributed by atoms with Gasteiger partial charge in [-0.25, -0.2) is 4.98 Å². The van der Waals surface area contributed by atoms with Crippen LogP contribution in [0.2, 0.25) is 0 Å². The molecule has 2 unspecified atom stereocenters. The molecule has 2 heterocycles. The largest absolute Gasteiger partial charge is 0.573 e. The lowest BCUT2D eigenvalue weighted by Crippen LogP contribution is -2.34. The van der Waals surface area contributed by atoms with E-state index in [1.165, 1.54) is 25.0 Å². The summed E-state index contributed by atoms with van der Waals surface area (Å²) in [6.45, 7) is 1.59. The summed E-state index contributed by atoms with van der Waals surface area (Å²) in [5.74, 6) is 1.51. The van der Waals surface area contributed by atoms with E-state index >= 15 is 0 Å². The highest BCUT2D eigenvalue weighted by Gasteiger charge is 2.32. The van der Waals surface area contributed by atoms with Crippen LogP contribution >= 0.6 is 0 Å². The number of ether oxygens (including phenoxy) is 1. The average Bonchev–Trinajstić information content (AvgIpc) is 3.31. The van der Waals surface area contributed by atoms with Crippen LogP contribution in [-0.4, -0.2) is 24.4 Å². The molecule has 0 radical (unpaired) electrons. The molecular weight excluding hydrogens is 333 g/mol. The molecule has 4 rings (SSSR count). The van der Waals surface area contributed by atoms with E-state index in [-0.39, 0.29) is 17.6 Å². The van der Waals surface area contributed by atoms with Crippen molar-refractivity contribution in [3.63, 3.8) is 0 Å². The maximum atomic E-state index is 12.2. The Labute approximate surface area is 143 Å². The summed E-state index contributed by atoms with van der Waals surface area (Å²) in [6, 6.07) is 6.12. The number of piperidine rings is 1. The Hall–Kier alpha value is -2.02. The van der Waals surface area contributed by atoms with E-state index in [1.807, 2.05) is 0 Å². The second-order valence-corrected chi connectivity index (χ2v) is 6.79. The maximum absolute atomic E-state index is 12.2. The SMILES string of the molecule is FC(F)(F)Oc1ccc(C2CNCC(c3nc(C4CC4)co3)C2)cc1. The van der Waals surface area contributed by atoms with Gasteiger partial charge in [-0.1, -0.05) is 12.1 Å². The average molecular weight is 352 g/mol. The number of hydrogen-bond donors (Lipinski definition) is 1. The first-order chi connectivity index (χ1) is 12.0. The minimum absolute atomic E-state index is 0.178. The highest BCUT2D eigenvalue weighted by molar-refractivity contribution is 5.30. The number of rotatable bonds is 4. The number of hydrogen-bond acceptors (Lipinski definition) is 4. The van der Waals surface area contributed by atoms with Gasteiger partial charge in [-0.05, 0) is 42.9 Å². The molecule has 4 nitrogen and oxygen atoms in total. The van der Waals surface area contributed by atoms with Crippen LogP contribution in [0.25, 0.3) is 0 Å². The van der Waals surface area contributed by atoms with Crippen LogP contribution in [0.5, 0.6) is 5.75 Å². The van der Waals surface area contributed by atoms with Gasteiger partial charge >= 0.3 is 6.36 Å². The Kier molecular flexibility index (Phi) is 4.19. The first-order valence-electron chi connectivity index (χ1n) is 8.49. The van der Waals surface area contributed by atoms with E-state index in [1.54, 1.807) is 18.4 Å². The Morgan fingerprint density at radius 2 is 1.76 bits per heavy atom. The minimum atomic E-state index is -4.66. The molecule has 25 heavy (non-hydrogen) atoms. The molecule has 2 atom stereocenters. The number of halogens is 3. The lowest BCUT2D eigenvalue weighted by atomic mass is 9.85. The highest BCUT2D eigenvalue weighted by Crippen LogP contribution is 2.41. The summed E-state index contributed by atoms with van der Waals surface area (Å²) in [5.41, 5.74) is 2.03. The van der Waals surface area contributed by atoms with Gasteiger partial charge in [0, 0.05) is 24.9 Å². The van der Waals surface area contributed by atoms with Crippen molar-refractivity contribution in [1.82, 2.24) is 10.3 Å². The van der Waals surface area contributed by atoms with E-state index < -0.39 is 6.36 Å². The van der Waals surface area contributed by atoms with Crippen LogP contribution in [0.15, 0.2) is 34.9 Å². The third-order valence-corrected chi connectivity index (χ3v) is 4.82. The topological polar surface area (TPSA) is 47.3 Å². The highest BCUT2D eigenvalue weighted by atomic mass is 19.4. The third-order valence-electron chi connectivity index (χ3n) is 4.82. The van der Waals surface area contributed by atoms with E-state index in [0.29, 0.717) is 5.92 Å². The molecule has 1 saturated heterocycles. The number of aromatic nitrogens is 1. The number of alkyl halides is 3. The second kappa shape index (κ2) is 6.37. The van der Waals surface area contributed by atoms with Crippen LogP contribution in [0, 0.1) is 0 Å². The summed E-state index contributed by atoms with van der Waals surface area (Å²) in [4.78, 5) is 4.63. The molecule has 0 spiro atoms. The van der Waals surface area contributed by atoms with Gasteiger partial charge in [0.05, 0.1) is 5.69 Å². The molecule has 1 saturated carbocycles. The van der Waals surface area contributed by atoms with Crippen molar-refractivity contribution in [1.29, 1.82) is 0 Å². The summed E-state index contributed by atoms with van der Waals surface area (Å²) in [6.07, 6.45) is 0.327. The van der Waals surface area contributed by atoms with Gasteiger partial charge in [0.25, 0.3) is 0 Å². The van der Waals surface area contributed by atoms with Gasteiger partial charge in [-0.15, -0.1) is 13.2 Å². The predicted molar refractivity (Wildman–Crippen MR) is 84.6 cm³/mol. The van der Waals surface area contributed by atoms with Crippen molar-refractivity contribution < 1.29 is 22.3 Å². The van der Waals surface area contributed by atoms with E-state index in [0.717, 1.165) is 36.7 Å². The molecule has 0 amide bonds. The molecule has 2 fully saturated rings. The van der Waals surface area contributed by atoms with Crippen molar-refractivity contribution in [3.05, 3.63) is 47.7 Å². The van der Waals surface area contributed by atoms with Gasteiger partial charge in [0.15, 0.2) is 5.89 Å². The van der Waals surface area contributed by atoms with Crippen LogP contribution in [-0.2, 0) is 0 Å². The Bertz CT molecular complexity index is 723. The molecule has 7 heteroatoms. The normalized spacial score (nSPS) is 24.3. The van der Waals surface area contributed by atoms with Gasteiger partial charge in [0.2, 0.25) is 0 Å². The molecule has 134 valence electrons. The van der Waals surface area contributed by atoms with Crippen LogP contribution < -0.4 is 10.1 Å². The zero-order valence-corrected chi connectivity index (χ0v) is 13.6. The number of oxazole rings is 1. The molecule has 0 bridgehead atoms. The molecule has 2 aromatic rings. The summed E-state index contributed by atoms with van der Waals surface area (Å²) >= 11 is 0. The number of nitrogens with one attached hydrogen (secondary N) is 1. The Morgan fingerprint density at radius 3 is 2.44 bits per heavy atom. The van der Waals surface area contributed by atoms with E-state index in [2.05, 4.69) is 15.0 Å². The minimum Gasteiger partial charge on any atom is -0.448 e. The molecule has 2 aliphatic rings. The summed E-state index contributed by atoms with van der Waals surface area (Å²) in [5, 5.41) is 3.38. The Balaban J connectivity index is 1.43. The van der Waals surface area contributed by atoms with Crippen LogP contribution in [0.3, 0.4) is 0 Å². The Morgan fingerprint density at radius 1 is 1.04 bits per heavy atom. The van der Waals surface area contributed by atoms with Crippen LogP contribution in [0.1, 0.15) is 54.2 Å². The van der Waals surface area contributed by atoms with Gasteiger partial charge < -0.3 is 14.5 Å². The maximum Gasteiger partial charge on any atom is 0.573 e. The third kappa shape index (κ3) is 3.98. The zero-order valence-electron chi connectivity index (χ0n) is 13.6. The van der Waals surface area contributed by atoms with Crippen molar-refractivity contribution >= 4 is 0 Å². The summed E-state index contributed by atoms with van der Waals surface area (Å²) < 4.78 is 46.3. The monoisotopic (exact) mass is 352 g/mol. The summed E-state index contributed by atoms with van der Waals surface area (Å²) in [7, 11) is 0. The predicted octanol–water partition coefficient (Wildman–Crippen LogP) is 4.31. The quantitative estimate of drug-likeness (QED) is 0.891. The smallest absolute Gasteiger partial charge is 0.448 e. The van der Waals surface area contributed by atoms with Crippen molar-refractivity contribution in [2.75, 3.05) is 13.1 Å². The van der Waals surface area contributed by atoms with E-state index in [4.69, 9.17) is 4.42 Å². The van der Waals surface area contributed by atoms with Gasteiger partial charge in [-0.3, -0.25) is 0 Å². The number of benzene rings is 1. The molecule has 1 aliphatic carbocycles. The molecular formula is C18H19F3N2O2. The van der Waals surface area contributed by atoms with Crippen molar-refractivity contribution in [2.45, 2.75) is 43.4 Å². The van der Waals surface area contributed by atoms with Gasteiger partial charge in [-0.2, -0.15) is 0 Å². The standard InChI is InChI=1S/C18H19F3N2O2/c19-18(20,21)25-15-5-3-11(4-6-15)13-7-14(9-22-8-13)17-23-16(10-24-17)12-1-2-12/h3-6,10,12-14,22H,1-2,7-9H2. The molecule has 1 N–H and O–H groups in total. The van der Waals surface area contributed by atoms with Crippen LogP contribution in [0.4, 0.5) is 13.2 Å². The number of nitrogens with zero attached hydrogens (tertiary/aromatic N) is 1. The fraction of sp³-hybridized carbons (Fsp3) is 0.500. The molecule has 1 aromatic carbocycles. The zero-order chi connectivity index (χ0) is 17.4. The molecule has 1 aliphatic heterocycles. The first-order valence-corrected chi connectivity index (χ1v) is 8.49. The molecule has 1 aromatic heterocycles. The van der Waals surface area contributed by atoms with E-state index in [9.17, 15) is 13.2 Å². The lowest BCUT2D eigenvalue weighted by Gasteiger charge is -2.28. The lowest BCUT2D eigenvalue weighted by molar-refractivity contribution is -0.274. The fourth-order valence-electron chi connectivity index (χ4n) is 3.38. The first kappa shape index (κ1) is 16.4. The fourth-order valence-corrected chi connectivity index (χ4v) is 3.38.